The molecule has 0 amide bonds. The first-order valence-corrected chi connectivity index (χ1v) is 15.1. The van der Waals surface area contributed by atoms with Gasteiger partial charge in [-0.25, -0.2) is 0 Å². The van der Waals surface area contributed by atoms with E-state index in [2.05, 4.69) is 27.7 Å². The highest BCUT2D eigenvalue weighted by Gasteiger charge is 2.12. The number of carbonyl (C=O) groups is 2. The SMILES string of the molecule is Cc1cc(CCC(=O)OCCOCCOCCOC(=O)CCc2cc(C)c(O)c(CC(C)C)c2)cc(CC(C)C)c1O. The Hall–Kier alpha value is -3.10. The molecule has 0 saturated heterocycles. The van der Waals surface area contributed by atoms with Gasteiger partial charge in [0.25, 0.3) is 0 Å². The molecule has 0 aliphatic carbocycles. The van der Waals surface area contributed by atoms with Crippen molar-refractivity contribution in [1.29, 1.82) is 0 Å². The van der Waals surface area contributed by atoms with Crippen LogP contribution in [0.1, 0.15) is 73.9 Å². The van der Waals surface area contributed by atoms with Crippen molar-refractivity contribution in [3.05, 3.63) is 57.6 Å². The smallest absolute Gasteiger partial charge is 0.306 e. The lowest BCUT2D eigenvalue weighted by atomic mass is 9.96. The summed E-state index contributed by atoms with van der Waals surface area (Å²) in [5.74, 6) is 0.960. The van der Waals surface area contributed by atoms with Gasteiger partial charge in [-0.15, -0.1) is 0 Å². The molecule has 8 nitrogen and oxygen atoms in total. The predicted molar refractivity (Wildman–Crippen MR) is 163 cm³/mol. The van der Waals surface area contributed by atoms with E-state index in [0.29, 0.717) is 49.4 Å². The van der Waals surface area contributed by atoms with Gasteiger partial charge in [0, 0.05) is 12.8 Å². The lowest BCUT2D eigenvalue weighted by Gasteiger charge is -2.13. The van der Waals surface area contributed by atoms with E-state index in [4.69, 9.17) is 18.9 Å². The van der Waals surface area contributed by atoms with Crippen LogP contribution in [0.15, 0.2) is 24.3 Å². The van der Waals surface area contributed by atoms with Crippen LogP contribution in [0.25, 0.3) is 0 Å². The van der Waals surface area contributed by atoms with Crippen LogP contribution < -0.4 is 0 Å². The van der Waals surface area contributed by atoms with E-state index in [-0.39, 0.29) is 51.2 Å². The molecule has 2 N–H and O–H groups in total. The maximum atomic E-state index is 12.1. The van der Waals surface area contributed by atoms with Gasteiger partial charge >= 0.3 is 11.9 Å². The molecule has 8 heteroatoms. The predicted octanol–water partition coefficient (Wildman–Crippen LogP) is 5.80. The highest BCUT2D eigenvalue weighted by molar-refractivity contribution is 5.70. The van der Waals surface area contributed by atoms with E-state index in [1.54, 1.807) is 0 Å². The van der Waals surface area contributed by atoms with E-state index < -0.39 is 0 Å². The van der Waals surface area contributed by atoms with E-state index in [0.717, 1.165) is 46.2 Å². The second-order valence-corrected chi connectivity index (χ2v) is 11.7. The molecule has 2 aromatic carbocycles. The monoisotopic (exact) mass is 586 g/mol. The Labute approximate surface area is 251 Å². The van der Waals surface area contributed by atoms with Crippen molar-refractivity contribution in [3.63, 3.8) is 0 Å². The molecular weight excluding hydrogens is 536 g/mol. The number of phenols is 2. The first-order valence-electron chi connectivity index (χ1n) is 15.1. The number of carbonyl (C=O) groups excluding carboxylic acids is 2. The van der Waals surface area contributed by atoms with E-state index >= 15 is 0 Å². The molecule has 0 spiro atoms. The average Bonchev–Trinajstić information content (AvgIpc) is 2.92. The number of ether oxygens (including phenoxy) is 4. The molecule has 0 saturated carbocycles. The molecule has 0 bridgehead atoms. The summed E-state index contributed by atoms with van der Waals surface area (Å²) in [6, 6.07) is 7.78. The Kier molecular flexibility index (Phi) is 15.4. The normalized spacial score (nSPS) is 11.3. The fourth-order valence-corrected chi connectivity index (χ4v) is 4.73. The van der Waals surface area contributed by atoms with Gasteiger partial charge in [0.15, 0.2) is 0 Å². The summed E-state index contributed by atoms with van der Waals surface area (Å²) in [6.07, 6.45) is 3.22. The van der Waals surface area contributed by atoms with E-state index in [1.165, 1.54) is 0 Å². The fraction of sp³-hybridized carbons (Fsp3) is 0.588. The molecule has 42 heavy (non-hydrogen) atoms. The molecule has 0 atom stereocenters. The molecule has 2 rings (SSSR count). The van der Waals surface area contributed by atoms with Crippen molar-refractivity contribution in [2.75, 3.05) is 39.6 Å². The number of benzene rings is 2. The summed E-state index contributed by atoms with van der Waals surface area (Å²) in [7, 11) is 0. The molecular formula is C34H50O8. The van der Waals surface area contributed by atoms with Crippen LogP contribution in [0.2, 0.25) is 0 Å². The first kappa shape index (κ1) is 35.1. The number of hydrogen-bond acceptors (Lipinski definition) is 8. The zero-order valence-corrected chi connectivity index (χ0v) is 26.3. The maximum absolute atomic E-state index is 12.1. The molecule has 0 aromatic heterocycles. The van der Waals surface area contributed by atoms with Gasteiger partial charge < -0.3 is 29.2 Å². The quantitative estimate of drug-likeness (QED) is 0.157. The second kappa shape index (κ2) is 18.4. The number of hydrogen-bond donors (Lipinski definition) is 2. The molecule has 0 aliphatic rings. The minimum Gasteiger partial charge on any atom is -0.507 e. The van der Waals surface area contributed by atoms with Crippen molar-refractivity contribution in [2.24, 2.45) is 11.8 Å². The Morgan fingerprint density at radius 3 is 1.33 bits per heavy atom. The van der Waals surface area contributed by atoms with Crippen molar-refractivity contribution < 1.29 is 38.7 Å². The summed E-state index contributed by atoms with van der Waals surface area (Å²) >= 11 is 0. The van der Waals surface area contributed by atoms with Gasteiger partial charge in [0.05, 0.1) is 26.4 Å². The number of aryl methyl sites for hydroxylation is 4. The number of rotatable bonds is 19. The van der Waals surface area contributed by atoms with Crippen LogP contribution in [-0.4, -0.2) is 61.8 Å². The minimum atomic E-state index is -0.288. The van der Waals surface area contributed by atoms with Gasteiger partial charge in [-0.2, -0.15) is 0 Å². The summed E-state index contributed by atoms with van der Waals surface area (Å²) in [5.41, 5.74) is 5.50. The molecule has 0 aliphatic heterocycles. The van der Waals surface area contributed by atoms with Gasteiger partial charge in [0.2, 0.25) is 0 Å². The highest BCUT2D eigenvalue weighted by atomic mass is 16.6. The Bertz CT molecular complexity index is 1050. The van der Waals surface area contributed by atoms with Gasteiger partial charge in [0.1, 0.15) is 24.7 Å². The van der Waals surface area contributed by atoms with Crippen molar-refractivity contribution >= 4 is 11.9 Å². The Morgan fingerprint density at radius 2 is 0.976 bits per heavy atom. The van der Waals surface area contributed by atoms with Gasteiger partial charge in [-0.3, -0.25) is 9.59 Å². The molecule has 0 unspecified atom stereocenters. The minimum absolute atomic E-state index is 0.170. The molecule has 234 valence electrons. The topological polar surface area (TPSA) is 112 Å². The van der Waals surface area contributed by atoms with E-state index in [9.17, 15) is 19.8 Å². The van der Waals surface area contributed by atoms with Crippen molar-refractivity contribution in [1.82, 2.24) is 0 Å². The third-order valence-corrected chi connectivity index (χ3v) is 6.72. The number of phenolic OH excluding ortho intramolecular Hbond substituents is 2. The van der Waals surface area contributed by atoms with Crippen LogP contribution in [0.4, 0.5) is 0 Å². The third kappa shape index (κ3) is 13.3. The molecule has 0 radical (unpaired) electrons. The number of esters is 2. The fourth-order valence-electron chi connectivity index (χ4n) is 4.73. The number of aromatic hydroxyl groups is 2. The average molecular weight is 587 g/mol. The van der Waals surface area contributed by atoms with Crippen molar-refractivity contribution in [2.45, 2.75) is 80.1 Å². The second-order valence-electron chi connectivity index (χ2n) is 11.7. The third-order valence-electron chi connectivity index (χ3n) is 6.72. The van der Waals surface area contributed by atoms with Crippen LogP contribution in [0, 0.1) is 25.7 Å². The Morgan fingerprint density at radius 1 is 0.619 bits per heavy atom. The van der Waals surface area contributed by atoms with Crippen LogP contribution in [-0.2, 0) is 54.2 Å². The molecule has 2 aromatic rings. The summed E-state index contributed by atoms with van der Waals surface area (Å²) in [4.78, 5) is 24.2. The Balaban J connectivity index is 1.51. The van der Waals surface area contributed by atoms with Gasteiger partial charge in [-0.1, -0.05) is 52.0 Å². The molecule has 0 heterocycles. The largest absolute Gasteiger partial charge is 0.507 e. The highest BCUT2D eigenvalue weighted by Crippen LogP contribution is 2.28. The lowest BCUT2D eigenvalue weighted by molar-refractivity contribution is -0.146. The van der Waals surface area contributed by atoms with Crippen molar-refractivity contribution in [3.8, 4) is 11.5 Å². The van der Waals surface area contributed by atoms with Crippen LogP contribution >= 0.6 is 0 Å². The zero-order chi connectivity index (χ0) is 31.1. The van der Waals surface area contributed by atoms with E-state index in [1.807, 2.05) is 38.1 Å². The zero-order valence-electron chi connectivity index (χ0n) is 26.3. The standard InChI is InChI=1S/C34H50O8/c1-23(2)17-29-21-27(19-25(5)33(29)37)7-9-31(35)41-15-13-39-11-12-40-14-16-42-32(36)10-8-28-20-26(6)34(38)30(22-28)18-24(3)4/h19-24,37-38H,7-18H2,1-6H3. The maximum Gasteiger partial charge on any atom is 0.306 e. The molecule has 0 fully saturated rings. The summed E-state index contributed by atoms with van der Waals surface area (Å²) in [5, 5.41) is 20.5. The van der Waals surface area contributed by atoms with Crippen LogP contribution in [0.5, 0.6) is 11.5 Å². The lowest BCUT2D eigenvalue weighted by Crippen LogP contribution is -2.15. The summed E-state index contributed by atoms with van der Waals surface area (Å²) < 4.78 is 21.4. The van der Waals surface area contributed by atoms with Gasteiger partial charge in [-0.05, 0) is 84.7 Å². The summed E-state index contributed by atoms with van der Waals surface area (Å²) in [6.45, 7) is 13.8. The first-order chi connectivity index (χ1) is 20.0. The van der Waals surface area contributed by atoms with Crippen LogP contribution in [0.3, 0.4) is 0 Å².